The van der Waals surface area contributed by atoms with Gasteiger partial charge < -0.3 is 5.32 Å². The normalized spacial score (nSPS) is 10.8. The van der Waals surface area contributed by atoms with Crippen molar-refractivity contribution in [3.8, 4) is 0 Å². The number of anilines is 2. The van der Waals surface area contributed by atoms with Crippen LogP contribution in [-0.4, -0.2) is 19.7 Å². The summed E-state index contributed by atoms with van der Waals surface area (Å²) in [4.78, 5) is 8.31. The van der Waals surface area contributed by atoms with Gasteiger partial charge in [0, 0.05) is 18.4 Å². The Morgan fingerprint density at radius 3 is 2.81 bits per heavy atom. The molecule has 0 aliphatic carbocycles. The average Bonchev–Trinajstić information content (AvgIpc) is 2.66. The largest absolute Gasteiger partial charge is 0.338 e. The molecule has 0 unspecified atom stereocenters. The highest BCUT2D eigenvalue weighted by atomic mass is 15.3. The first kappa shape index (κ1) is 10.6. The zero-order valence-electron chi connectivity index (χ0n) is 9.68. The molecule has 84 valence electrons. The summed E-state index contributed by atoms with van der Waals surface area (Å²) in [7, 11) is 0. The molecule has 0 saturated carbocycles. The van der Waals surface area contributed by atoms with E-state index in [4.69, 9.17) is 0 Å². The second-order valence-corrected chi connectivity index (χ2v) is 3.92. The van der Waals surface area contributed by atoms with Crippen LogP contribution in [0.1, 0.15) is 25.7 Å². The van der Waals surface area contributed by atoms with Crippen LogP contribution in [0.2, 0.25) is 0 Å². The second-order valence-electron chi connectivity index (χ2n) is 3.92. The van der Waals surface area contributed by atoms with Gasteiger partial charge in [-0.25, -0.2) is 9.97 Å². The summed E-state index contributed by atoms with van der Waals surface area (Å²) in [5, 5.41) is 7.43. The first-order valence-electron chi connectivity index (χ1n) is 5.26. The number of aromatic nitrogens is 4. The zero-order chi connectivity index (χ0) is 11.5. The molecule has 0 bridgehead atoms. The lowest BCUT2D eigenvalue weighted by atomic mass is 10.4. The third kappa shape index (κ3) is 2.36. The predicted octanol–water partition coefficient (Wildman–Crippen LogP) is 2.31. The molecule has 0 aromatic carbocycles. The van der Waals surface area contributed by atoms with Crippen molar-refractivity contribution in [3.63, 3.8) is 0 Å². The van der Waals surface area contributed by atoms with E-state index in [1.807, 2.05) is 23.9 Å². The summed E-state index contributed by atoms with van der Waals surface area (Å²) in [6.07, 6.45) is 5.48. The molecule has 0 amide bonds. The minimum Gasteiger partial charge on any atom is -0.338 e. The molecule has 0 spiro atoms. The van der Waals surface area contributed by atoms with Crippen molar-refractivity contribution in [3.05, 3.63) is 30.5 Å². The van der Waals surface area contributed by atoms with Gasteiger partial charge in [0.05, 0.1) is 11.9 Å². The van der Waals surface area contributed by atoms with E-state index in [0.29, 0.717) is 6.04 Å². The van der Waals surface area contributed by atoms with E-state index in [0.717, 1.165) is 17.3 Å². The van der Waals surface area contributed by atoms with E-state index in [2.05, 4.69) is 34.2 Å². The fourth-order valence-corrected chi connectivity index (χ4v) is 1.36. The summed E-state index contributed by atoms with van der Waals surface area (Å²) >= 11 is 0. The Labute approximate surface area is 94.5 Å². The molecule has 2 aromatic heterocycles. The molecule has 0 fully saturated rings. The van der Waals surface area contributed by atoms with Crippen molar-refractivity contribution < 1.29 is 0 Å². The fourth-order valence-electron chi connectivity index (χ4n) is 1.36. The smallest absolute Gasteiger partial charge is 0.134 e. The van der Waals surface area contributed by atoms with E-state index in [1.54, 1.807) is 12.4 Å². The summed E-state index contributed by atoms with van der Waals surface area (Å²) in [5.74, 6) is 1.54. The quantitative estimate of drug-likeness (QED) is 0.857. The summed E-state index contributed by atoms with van der Waals surface area (Å²) in [6.45, 7) is 6.04. The van der Waals surface area contributed by atoms with E-state index in [-0.39, 0.29) is 0 Å². The molecule has 0 radical (unpaired) electrons. The van der Waals surface area contributed by atoms with Crippen LogP contribution in [0.25, 0.3) is 0 Å². The van der Waals surface area contributed by atoms with Crippen molar-refractivity contribution in [1.29, 1.82) is 0 Å². The Balaban J connectivity index is 2.14. The van der Waals surface area contributed by atoms with Crippen LogP contribution < -0.4 is 5.32 Å². The molecule has 5 nitrogen and oxygen atoms in total. The summed E-state index contributed by atoms with van der Waals surface area (Å²) < 4.78 is 1.90. The predicted molar refractivity (Wildman–Crippen MR) is 62.7 cm³/mol. The van der Waals surface area contributed by atoms with Gasteiger partial charge in [-0.05, 0) is 26.8 Å². The number of aryl methyl sites for hydroxylation is 1. The van der Waals surface area contributed by atoms with Crippen LogP contribution in [0.3, 0.4) is 0 Å². The monoisotopic (exact) mass is 217 g/mol. The Kier molecular flexibility index (Phi) is 2.85. The Morgan fingerprint density at radius 2 is 2.19 bits per heavy atom. The molecule has 0 aliphatic rings. The van der Waals surface area contributed by atoms with Crippen molar-refractivity contribution in [2.45, 2.75) is 26.8 Å². The highest BCUT2D eigenvalue weighted by molar-refractivity contribution is 5.53. The van der Waals surface area contributed by atoms with E-state index >= 15 is 0 Å². The lowest BCUT2D eigenvalue weighted by Crippen LogP contribution is -2.00. The van der Waals surface area contributed by atoms with Crippen molar-refractivity contribution in [2.75, 3.05) is 5.32 Å². The van der Waals surface area contributed by atoms with Crippen LogP contribution >= 0.6 is 0 Å². The Bertz CT molecular complexity index is 475. The number of nitrogens with zero attached hydrogens (tertiary/aromatic N) is 4. The first-order chi connectivity index (χ1) is 7.65. The number of nitrogens with one attached hydrogen (secondary N) is 1. The highest BCUT2D eigenvalue weighted by Crippen LogP contribution is 2.14. The fraction of sp³-hybridized carbons (Fsp3) is 0.364. The number of hydrogen-bond acceptors (Lipinski definition) is 4. The maximum absolute atomic E-state index is 4.26. The van der Waals surface area contributed by atoms with E-state index in [9.17, 15) is 0 Å². The Hall–Kier alpha value is -1.91. The average molecular weight is 217 g/mol. The van der Waals surface area contributed by atoms with E-state index in [1.165, 1.54) is 0 Å². The molecule has 0 atom stereocenters. The number of rotatable bonds is 3. The summed E-state index contributed by atoms with van der Waals surface area (Å²) in [6, 6.07) is 2.20. The molecule has 2 rings (SSSR count). The van der Waals surface area contributed by atoms with Gasteiger partial charge in [-0.15, -0.1) is 0 Å². The van der Waals surface area contributed by atoms with Crippen LogP contribution in [0.5, 0.6) is 0 Å². The van der Waals surface area contributed by atoms with Crippen LogP contribution in [0, 0.1) is 6.92 Å². The van der Waals surface area contributed by atoms with Crippen molar-refractivity contribution in [2.24, 2.45) is 0 Å². The van der Waals surface area contributed by atoms with Crippen LogP contribution in [-0.2, 0) is 0 Å². The molecule has 2 aromatic rings. The minimum absolute atomic E-state index is 0.364. The first-order valence-corrected chi connectivity index (χ1v) is 5.26. The van der Waals surface area contributed by atoms with E-state index < -0.39 is 0 Å². The number of hydrogen-bond donors (Lipinski definition) is 1. The highest BCUT2D eigenvalue weighted by Gasteiger charge is 2.02. The van der Waals surface area contributed by atoms with Crippen molar-refractivity contribution in [1.82, 2.24) is 19.7 Å². The van der Waals surface area contributed by atoms with Gasteiger partial charge in [-0.2, -0.15) is 5.10 Å². The van der Waals surface area contributed by atoms with Crippen LogP contribution in [0.4, 0.5) is 11.5 Å². The maximum Gasteiger partial charge on any atom is 0.134 e. The molecule has 1 N–H and O–H groups in total. The van der Waals surface area contributed by atoms with Crippen molar-refractivity contribution >= 4 is 11.5 Å². The van der Waals surface area contributed by atoms with Gasteiger partial charge in [0.15, 0.2) is 0 Å². The van der Waals surface area contributed by atoms with Gasteiger partial charge >= 0.3 is 0 Å². The maximum atomic E-state index is 4.26. The van der Waals surface area contributed by atoms with Gasteiger partial charge in [-0.3, -0.25) is 4.68 Å². The molecular formula is C11H15N5. The zero-order valence-corrected chi connectivity index (χ0v) is 9.68. The Morgan fingerprint density at radius 1 is 1.38 bits per heavy atom. The molecule has 16 heavy (non-hydrogen) atoms. The molecule has 0 aliphatic heterocycles. The van der Waals surface area contributed by atoms with Gasteiger partial charge in [0.25, 0.3) is 0 Å². The SMILES string of the molecule is Cc1nccc(Nc2cnn(C(C)C)c2)n1. The standard InChI is InChI=1S/C11H15N5/c1-8(2)16-7-10(6-13-16)15-11-4-5-12-9(3)14-11/h4-8H,1-3H3,(H,12,14,15). The minimum atomic E-state index is 0.364. The third-order valence-electron chi connectivity index (χ3n) is 2.18. The molecule has 5 heteroatoms. The van der Waals surface area contributed by atoms with Crippen LogP contribution in [0.15, 0.2) is 24.7 Å². The van der Waals surface area contributed by atoms with Gasteiger partial charge in [-0.1, -0.05) is 0 Å². The molecule has 2 heterocycles. The third-order valence-corrected chi connectivity index (χ3v) is 2.18. The molecule has 0 saturated heterocycles. The van der Waals surface area contributed by atoms with Gasteiger partial charge in [0.2, 0.25) is 0 Å². The summed E-state index contributed by atoms with van der Waals surface area (Å²) in [5.41, 5.74) is 0.937. The lowest BCUT2D eigenvalue weighted by Gasteiger charge is -2.04. The molecular weight excluding hydrogens is 202 g/mol. The topological polar surface area (TPSA) is 55.6 Å². The lowest BCUT2D eigenvalue weighted by molar-refractivity contribution is 0.532. The van der Waals surface area contributed by atoms with Gasteiger partial charge in [0.1, 0.15) is 11.6 Å². The second kappa shape index (κ2) is 4.30.